The maximum atomic E-state index is 13.2. The molecule has 40 heavy (non-hydrogen) atoms. The van der Waals surface area contributed by atoms with Crippen LogP contribution < -0.4 is 0 Å². The number of hydrogen-bond acceptors (Lipinski definition) is 4. The minimum absolute atomic E-state index is 0.0319. The van der Waals surface area contributed by atoms with Gasteiger partial charge in [0.15, 0.2) is 0 Å². The average Bonchev–Trinajstić information content (AvgIpc) is 3.21. The SMILES string of the molecule is C=C(C)[C@@H]1CC[C@]2(COP)CC[C@]3(C)[C@H](CC[C@@H]4[C@@]5(C)CC=C(OS(=O)(=O)C(F)(F)F)C(C)(C)[C@@H]5CC[C@]43C)[C@@H]12. The Bertz CT molecular complexity index is 1200. The zero-order valence-electron chi connectivity index (χ0n) is 25.0. The van der Waals surface area contributed by atoms with E-state index in [-0.39, 0.29) is 33.3 Å². The van der Waals surface area contributed by atoms with Crippen molar-refractivity contribution >= 4 is 19.6 Å². The van der Waals surface area contributed by atoms with Gasteiger partial charge in [0.2, 0.25) is 0 Å². The van der Waals surface area contributed by atoms with E-state index in [0.717, 1.165) is 45.1 Å². The lowest BCUT2D eigenvalue weighted by molar-refractivity contribution is -0.230. The summed E-state index contributed by atoms with van der Waals surface area (Å²) < 4.78 is 74.2. The van der Waals surface area contributed by atoms with Crippen molar-refractivity contribution in [3.8, 4) is 0 Å². The summed E-state index contributed by atoms with van der Waals surface area (Å²) in [5, 5.41) is 0. The Balaban J connectivity index is 1.51. The Hall–Kier alpha value is -0.590. The maximum Gasteiger partial charge on any atom is 0.534 e. The fraction of sp³-hybridized carbons (Fsp3) is 0.871. The Morgan fingerprint density at radius 2 is 1.68 bits per heavy atom. The summed E-state index contributed by atoms with van der Waals surface area (Å²) in [7, 11) is -3.22. The van der Waals surface area contributed by atoms with E-state index >= 15 is 0 Å². The van der Waals surface area contributed by atoms with Crippen molar-refractivity contribution in [2.45, 2.75) is 105 Å². The molecule has 5 rings (SSSR count). The van der Waals surface area contributed by atoms with Crippen LogP contribution in [-0.2, 0) is 18.8 Å². The minimum Gasteiger partial charge on any atom is -0.380 e. The summed E-state index contributed by atoms with van der Waals surface area (Å²) in [6.45, 7) is 18.5. The highest BCUT2D eigenvalue weighted by atomic mass is 32.2. The van der Waals surface area contributed by atoms with Gasteiger partial charge in [0.05, 0.1) is 6.61 Å². The van der Waals surface area contributed by atoms with Gasteiger partial charge in [0, 0.05) is 14.9 Å². The molecule has 0 N–H and O–H groups in total. The first kappa shape index (κ1) is 30.9. The van der Waals surface area contributed by atoms with Crippen molar-refractivity contribution < 1.29 is 30.3 Å². The molecule has 10 atom stereocenters. The van der Waals surface area contributed by atoms with E-state index in [2.05, 4.69) is 43.7 Å². The molecule has 4 nitrogen and oxygen atoms in total. The van der Waals surface area contributed by atoms with Crippen molar-refractivity contribution in [2.24, 2.45) is 56.7 Å². The van der Waals surface area contributed by atoms with Gasteiger partial charge in [-0.1, -0.05) is 46.8 Å². The molecule has 5 aliphatic carbocycles. The third kappa shape index (κ3) is 4.07. The van der Waals surface area contributed by atoms with Gasteiger partial charge < -0.3 is 8.71 Å². The molecule has 0 saturated heterocycles. The molecule has 0 spiro atoms. The third-order valence-corrected chi connectivity index (χ3v) is 14.7. The zero-order valence-corrected chi connectivity index (χ0v) is 27.0. The lowest BCUT2D eigenvalue weighted by Crippen LogP contribution is -2.65. The van der Waals surface area contributed by atoms with Crippen LogP contribution in [0.5, 0.6) is 0 Å². The summed E-state index contributed by atoms with van der Waals surface area (Å²) in [5.41, 5.74) is -4.70. The minimum atomic E-state index is -5.71. The fourth-order valence-corrected chi connectivity index (χ4v) is 12.5. The van der Waals surface area contributed by atoms with E-state index < -0.39 is 21.0 Å². The highest BCUT2D eigenvalue weighted by Crippen LogP contribution is 2.77. The van der Waals surface area contributed by atoms with Crippen molar-refractivity contribution in [2.75, 3.05) is 6.61 Å². The molecule has 0 aromatic heterocycles. The Labute approximate surface area is 241 Å². The van der Waals surface area contributed by atoms with Crippen molar-refractivity contribution in [3.05, 3.63) is 24.0 Å². The molecular formula is C31H48F3O4PS. The van der Waals surface area contributed by atoms with Crippen molar-refractivity contribution in [1.82, 2.24) is 0 Å². The van der Waals surface area contributed by atoms with Crippen LogP contribution >= 0.6 is 9.47 Å². The summed E-state index contributed by atoms with van der Waals surface area (Å²) in [4.78, 5) is 0. The molecular weight excluding hydrogens is 556 g/mol. The lowest BCUT2D eigenvalue weighted by atomic mass is 9.32. The van der Waals surface area contributed by atoms with E-state index in [1.54, 1.807) is 6.08 Å². The standard InChI is InChI=1S/C31H48F3O4PS/c1-19(2)20-10-15-30(18-37-39)17-16-28(6)21(25(20)30)8-9-23-27(5)13-12-24(38-40(35,36)31(32,33)34)26(3,4)22(27)11-14-29(23,28)7/h12,20-23,25H,1,8-11,13-18,39H2,2-7H3/t20-,21+,22-,23+,25+,27-,28+,29+,30+/m0/s1. The van der Waals surface area contributed by atoms with E-state index in [1.165, 1.54) is 18.4 Å². The Morgan fingerprint density at radius 3 is 2.27 bits per heavy atom. The van der Waals surface area contributed by atoms with Gasteiger partial charge >= 0.3 is 15.6 Å². The number of fused-ring (bicyclic) bond motifs is 7. The Kier molecular flexibility index (Phi) is 7.29. The highest BCUT2D eigenvalue weighted by Gasteiger charge is 2.70. The average molecular weight is 605 g/mol. The van der Waals surface area contributed by atoms with Gasteiger partial charge in [-0.3, -0.25) is 0 Å². The molecule has 1 unspecified atom stereocenters. The quantitative estimate of drug-likeness (QED) is 0.136. The van der Waals surface area contributed by atoms with Crippen LogP contribution in [0.1, 0.15) is 99.3 Å². The zero-order chi connectivity index (χ0) is 29.7. The molecule has 228 valence electrons. The van der Waals surface area contributed by atoms with E-state index in [1.807, 2.05) is 13.8 Å². The van der Waals surface area contributed by atoms with Gasteiger partial charge in [-0.2, -0.15) is 21.6 Å². The Morgan fingerprint density at radius 1 is 1.00 bits per heavy atom. The second-order valence-electron chi connectivity index (χ2n) is 15.3. The smallest absolute Gasteiger partial charge is 0.380 e. The normalized spacial score (nSPS) is 46.4. The van der Waals surface area contributed by atoms with Crippen LogP contribution in [0.15, 0.2) is 24.0 Å². The molecule has 5 aliphatic rings. The third-order valence-electron chi connectivity index (χ3n) is 13.6. The molecule has 9 heteroatoms. The predicted octanol–water partition coefficient (Wildman–Crippen LogP) is 8.81. The molecule has 4 fully saturated rings. The number of alkyl halides is 3. The monoisotopic (exact) mass is 604 g/mol. The summed E-state index contributed by atoms with van der Waals surface area (Å²) >= 11 is 0. The molecule has 0 aromatic carbocycles. The summed E-state index contributed by atoms with van der Waals surface area (Å²) in [6.07, 6.45) is 11.0. The number of allylic oxidation sites excluding steroid dienone is 3. The van der Waals surface area contributed by atoms with Gasteiger partial charge in [0.25, 0.3) is 0 Å². The summed E-state index contributed by atoms with van der Waals surface area (Å²) in [5.74, 6) is 2.03. The molecule has 0 heterocycles. The van der Waals surface area contributed by atoms with Crippen molar-refractivity contribution in [3.63, 3.8) is 0 Å². The topological polar surface area (TPSA) is 52.6 Å². The van der Waals surface area contributed by atoms with Crippen LogP contribution in [0.3, 0.4) is 0 Å². The molecule has 0 radical (unpaired) electrons. The van der Waals surface area contributed by atoms with Gasteiger partial charge in [0.1, 0.15) is 5.76 Å². The first-order valence-corrected chi connectivity index (χ1v) is 16.9. The lowest BCUT2D eigenvalue weighted by Gasteiger charge is -2.72. The van der Waals surface area contributed by atoms with E-state index in [0.29, 0.717) is 30.1 Å². The van der Waals surface area contributed by atoms with Crippen LogP contribution in [0.25, 0.3) is 0 Å². The largest absolute Gasteiger partial charge is 0.534 e. The van der Waals surface area contributed by atoms with Crippen LogP contribution in [0.2, 0.25) is 0 Å². The molecule has 0 amide bonds. The van der Waals surface area contributed by atoms with E-state index in [4.69, 9.17) is 8.71 Å². The number of rotatable bonds is 5. The first-order chi connectivity index (χ1) is 18.3. The van der Waals surface area contributed by atoms with Gasteiger partial charge in [-0.15, -0.1) is 0 Å². The van der Waals surface area contributed by atoms with Crippen LogP contribution in [0.4, 0.5) is 13.2 Å². The van der Waals surface area contributed by atoms with Crippen LogP contribution in [-0.4, -0.2) is 20.5 Å². The maximum absolute atomic E-state index is 13.2. The number of halogens is 3. The second kappa shape index (κ2) is 9.45. The van der Waals surface area contributed by atoms with E-state index in [9.17, 15) is 21.6 Å². The van der Waals surface area contributed by atoms with Crippen LogP contribution in [0, 0.1) is 56.7 Å². The fourth-order valence-electron chi connectivity index (χ4n) is 11.6. The molecule has 4 saturated carbocycles. The van der Waals surface area contributed by atoms with Gasteiger partial charge in [-0.25, -0.2) is 0 Å². The second-order valence-corrected chi connectivity index (χ2v) is 17.2. The van der Waals surface area contributed by atoms with Crippen molar-refractivity contribution in [1.29, 1.82) is 0 Å². The molecule has 0 aliphatic heterocycles. The number of hydrogen-bond donors (Lipinski definition) is 0. The molecule has 0 bridgehead atoms. The predicted molar refractivity (Wildman–Crippen MR) is 154 cm³/mol. The molecule has 0 aromatic rings. The highest BCUT2D eigenvalue weighted by molar-refractivity contribution is 7.87. The summed E-state index contributed by atoms with van der Waals surface area (Å²) in [6, 6.07) is 0. The first-order valence-electron chi connectivity index (χ1n) is 15.0. The van der Waals surface area contributed by atoms with Gasteiger partial charge in [-0.05, 0) is 122 Å².